The number of benzene rings is 1. The van der Waals surface area contributed by atoms with Gasteiger partial charge in [0.25, 0.3) is 0 Å². The molecular weight excluding hydrogens is 274 g/mol. The van der Waals surface area contributed by atoms with Crippen LogP contribution in [-0.2, 0) is 16.6 Å². The maximum Gasteiger partial charge on any atom is 0.211 e. The molecule has 0 saturated carbocycles. The van der Waals surface area contributed by atoms with Crippen molar-refractivity contribution in [1.82, 2.24) is 4.72 Å². The molecule has 4 nitrogen and oxygen atoms in total. The van der Waals surface area contributed by atoms with E-state index < -0.39 is 10.0 Å². The van der Waals surface area contributed by atoms with Crippen LogP contribution in [0.5, 0.6) is 0 Å². The van der Waals surface area contributed by atoms with Gasteiger partial charge in [-0.15, -0.1) is 0 Å². The molecular formula is C15H21NO3S. The monoisotopic (exact) mass is 295 g/mol. The van der Waals surface area contributed by atoms with Gasteiger partial charge in [-0.25, -0.2) is 13.1 Å². The molecule has 5 heteroatoms. The Labute approximate surface area is 121 Å². The van der Waals surface area contributed by atoms with Gasteiger partial charge in [-0.3, -0.25) is 0 Å². The van der Waals surface area contributed by atoms with E-state index in [1.807, 2.05) is 31.2 Å². The summed E-state index contributed by atoms with van der Waals surface area (Å²) in [5.41, 5.74) is 1.64. The lowest BCUT2D eigenvalue weighted by molar-refractivity contribution is 0.305. The number of unbranched alkanes of at least 4 members (excludes halogenated alkanes) is 1. The maximum absolute atomic E-state index is 11.8. The second kappa shape index (κ2) is 8.75. The van der Waals surface area contributed by atoms with Crippen LogP contribution in [-0.4, -0.2) is 25.9 Å². The molecule has 0 atom stereocenters. The molecule has 0 aliphatic rings. The van der Waals surface area contributed by atoms with Gasteiger partial charge in [0.05, 0.1) is 12.4 Å². The van der Waals surface area contributed by atoms with Gasteiger partial charge in [0, 0.05) is 18.5 Å². The number of hydrogen-bond acceptors (Lipinski definition) is 3. The minimum atomic E-state index is -3.22. The van der Waals surface area contributed by atoms with Crippen molar-refractivity contribution < 1.29 is 13.5 Å². The molecule has 1 rings (SSSR count). The molecule has 0 heterocycles. The third kappa shape index (κ3) is 6.20. The molecule has 0 bridgehead atoms. The van der Waals surface area contributed by atoms with Crippen LogP contribution in [0, 0.1) is 11.8 Å². The van der Waals surface area contributed by atoms with E-state index >= 15 is 0 Å². The Morgan fingerprint density at radius 1 is 1.30 bits per heavy atom. The molecule has 20 heavy (non-hydrogen) atoms. The van der Waals surface area contributed by atoms with Gasteiger partial charge >= 0.3 is 0 Å². The zero-order chi connectivity index (χ0) is 14.8. The number of nitrogens with one attached hydrogen (secondary N) is 1. The SMILES string of the molecule is CCCCS(=O)(=O)NCc1ccccc1C#CCCO. The predicted octanol–water partition coefficient (Wildman–Crippen LogP) is 1.64. The minimum Gasteiger partial charge on any atom is -0.395 e. The number of rotatable bonds is 7. The van der Waals surface area contributed by atoms with Gasteiger partial charge in [0.1, 0.15) is 0 Å². The Kier molecular flexibility index (Phi) is 7.31. The minimum absolute atomic E-state index is 0.0266. The third-order valence-electron chi connectivity index (χ3n) is 2.73. The molecule has 0 spiro atoms. The highest BCUT2D eigenvalue weighted by atomic mass is 32.2. The summed E-state index contributed by atoms with van der Waals surface area (Å²) in [5, 5.41) is 8.71. The molecule has 0 aliphatic heterocycles. The lowest BCUT2D eigenvalue weighted by atomic mass is 10.1. The Morgan fingerprint density at radius 3 is 2.75 bits per heavy atom. The standard InChI is InChI=1S/C15H21NO3S/c1-2-3-12-20(18,19)16-13-15-10-5-4-8-14(15)9-6-7-11-17/h4-5,8,10,16-17H,2-3,7,11-13H2,1H3. The fourth-order valence-corrected chi connectivity index (χ4v) is 2.79. The van der Waals surface area contributed by atoms with Gasteiger partial charge in [0.15, 0.2) is 0 Å². The second-order valence-electron chi connectivity index (χ2n) is 4.43. The van der Waals surface area contributed by atoms with E-state index in [2.05, 4.69) is 16.6 Å². The van der Waals surface area contributed by atoms with Crippen LogP contribution < -0.4 is 4.72 Å². The summed E-state index contributed by atoms with van der Waals surface area (Å²) in [6.07, 6.45) is 1.92. The van der Waals surface area contributed by atoms with Crippen molar-refractivity contribution in [3.63, 3.8) is 0 Å². The zero-order valence-electron chi connectivity index (χ0n) is 11.7. The summed E-state index contributed by atoms with van der Waals surface area (Å²) in [6.45, 7) is 2.23. The molecule has 0 radical (unpaired) electrons. The summed E-state index contributed by atoms with van der Waals surface area (Å²) >= 11 is 0. The molecule has 0 saturated heterocycles. The van der Waals surface area contributed by atoms with Gasteiger partial charge in [-0.2, -0.15) is 0 Å². The van der Waals surface area contributed by atoms with Crippen LogP contribution in [0.25, 0.3) is 0 Å². The average Bonchev–Trinajstić information content (AvgIpc) is 2.44. The van der Waals surface area contributed by atoms with Crippen molar-refractivity contribution in [1.29, 1.82) is 0 Å². The molecule has 1 aromatic carbocycles. The van der Waals surface area contributed by atoms with E-state index in [4.69, 9.17) is 5.11 Å². The van der Waals surface area contributed by atoms with E-state index in [1.54, 1.807) is 0 Å². The van der Waals surface area contributed by atoms with E-state index in [9.17, 15) is 8.42 Å². The van der Waals surface area contributed by atoms with Crippen molar-refractivity contribution in [2.24, 2.45) is 0 Å². The molecule has 110 valence electrons. The lowest BCUT2D eigenvalue weighted by Crippen LogP contribution is -2.26. The van der Waals surface area contributed by atoms with Gasteiger partial charge in [-0.05, 0) is 18.1 Å². The summed E-state index contributed by atoms with van der Waals surface area (Å²) in [6, 6.07) is 7.41. The fourth-order valence-electron chi connectivity index (χ4n) is 1.60. The molecule has 0 unspecified atom stereocenters. The van der Waals surface area contributed by atoms with Crippen LogP contribution in [0.1, 0.15) is 37.3 Å². The van der Waals surface area contributed by atoms with E-state index in [-0.39, 0.29) is 18.9 Å². The zero-order valence-corrected chi connectivity index (χ0v) is 12.5. The van der Waals surface area contributed by atoms with Crippen LogP contribution in [0.4, 0.5) is 0 Å². The smallest absolute Gasteiger partial charge is 0.211 e. The van der Waals surface area contributed by atoms with Gasteiger partial charge in [0.2, 0.25) is 10.0 Å². The molecule has 2 N–H and O–H groups in total. The molecule has 1 aromatic rings. The Bertz CT molecular complexity index is 570. The Balaban J connectivity index is 2.71. The predicted molar refractivity (Wildman–Crippen MR) is 80.6 cm³/mol. The van der Waals surface area contributed by atoms with Crippen LogP contribution in [0.15, 0.2) is 24.3 Å². The van der Waals surface area contributed by atoms with Crippen molar-refractivity contribution >= 4 is 10.0 Å². The molecule has 0 aromatic heterocycles. The first-order valence-electron chi connectivity index (χ1n) is 6.74. The van der Waals surface area contributed by atoms with E-state index in [0.29, 0.717) is 12.8 Å². The molecule has 0 fully saturated rings. The largest absolute Gasteiger partial charge is 0.395 e. The first kappa shape index (κ1) is 16.7. The van der Waals surface area contributed by atoms with Crippen LogP contribution in [0.2, 0.25) is 0 Å². The third-order valence-corrected chi connectivity index (χ3v) is 4.14. The number of aliphatic hydroxyl groups is 1. The van der Waals surface area contributed by atoms with E-state index in [1.165, 1.54) is 0 Å². The molecule has 0 aliphatic carbocycles. The molecule has 0 amide bonds. The quantitative estimate of drug-likeness (QED) is 0.752. The maximum atomic E-state index is 11.8. The highest BCUT2D eigenvalue weighted by molar-refractivity contribution is 7.89. The topological polar surface area (TPSA) is 66.4 Å². The van der Waals surface area contributed by atoms with Crippen molar-refractivity contribution in [3.05, 3.63) is 35.4 Å². The van der Waals surface area contributed by atoms with Crippen LogP contribution in [0.3, 0.4) is 0 Å². The summed E-state index contributed by atoms with van der Waals surface area (Å²) in [4.78, 5) is 0. The highest BCUT2D eigenvalue weighted by Crippen LogP contribution is 2.08. The average molecular weight is 295 g/mol. The van der Waals surface area contributed by atoms with Crippen molar-refractivity contribution in [2.45, 2.75) is 32.7 Å². The first-order chi connectivity index (χ1) is 9.59. The summed E-state index contributed by atoms with van der Waals surface area (Å²) in [5.74, 6) is 5.95. The van der Waals surface area contributed by atoms with E-state index in [0.717, 1.165) is 17.5 Å². The Hall–Kier alpha value is -1.35. The fraction of sp³-hybridized carbons (Fsp3) is 0.467. The number of sulfonamides is 1. The normalized spacial score (nSPS) is 10.9. The van der Waals surface area contributed by atoms with Crippen LogP contribution >= 0.6 is 0 Å². The number of hydrogen-bond donors (Lipinski definition) is 2. The first-order valence-corrected chi connectivity index (χ1v) is 8.39. The second-order valence-corrected chi connectivity index (χ2v) is 6.35. The Morgan fingerprint density at radius 2 is 2.05 bits per heavy atom. The number of aliphatic hydroxyl groups excluding tert-OH is 1. The van der Waals surface area contributed by atoms with Crippen molar-refractivity contribution in [2.75, 3.05) is 12.4 Å². The summed E-state index contributed by atoms with van der Waals surface area (Å²) < 4.78 is 26.1. The van der Waals surface area contributed by atoms with Crippen molar-refractivity contribution in [3.8, 4) is 11.8 Å². The highest BCUT2D eigenvalue weighted by Gasteiger charge is 2.09. The summed E-state index contributed by atoms with van der Waals surface area (Å²) in [7, 11) is -3.22. The van der Waals surface area contributed by atoms with Gasteiger partial charge in [-0.1, -0.05) is 43.4 Å². The van der Waals surface area contributed by atoms with Gasteiger partial charge < -0.3 is 5.11 Å². The lowest BCUT2D eigenvalue weighted by Gasteiger charge is -2.07.